The van der Waals surface area contributed by atoms with Crippen molar-refractivity contribution in [3.63, 3.8) is 0 Å². The number of nitrogens with one attached hydrogen (secondary N) is 1. The van der Waals surface area contributed by atoms with Crippen LogP contribution in [0.3, 0.4) is 0 Å². The zero-order chi connectivity index (χ0) is 22.8. The molecule has 2 rings (SSSR count). The number of anilines is 1. The second-order valence-electron chi connectivity index (χ2n) is 7.38. The van der Waals surface area contributed by atoms with Crippen LogP contribution in [0, 0.1) is 6.92 Å². The molecule has 0 unspecified atom stereocenters. The van der Waals surface area contributed by atoms with Gasteiger partial charge in [0.25, 0.3) is 5.91 Å². The molecule has 4 atom stereocenters. The predicted octanol–water partition coefficient (Wildman–Crippen LogP) is 4.51. The maximum atomic E-state index is 13.3. The average Bonchev–Trinajstić information content (AvgIpc) is 3.12. The molecule has 0 saturated carbocycles. The van der Waals surface area contributed by atoms with Crippen LogP contribution in [-0.2, 0) is 23.7 Å². The van der Waals surface area contributed by atoms with Crippen LogP contribution in [-0.4, -0.2) is 68.3 Å². The zero-order valence-corrected chi connectivity index (χ0v) is 21.1. The molecule has 1 saturated heterocycles. The van der Waals surface area contributed by atoms with Gasteiger partial charge in [-0.3, -0.25) is 4.79 Å². The number of ether oxygens (including phenoxy) is 4. The molecular formula is C22H36N2O5S2. The first kappa shape index (κ1) is 26.4. The van der Waals surface area contributed by atoms with E-state index in [4.69, 9.17) is 18.9 Å². The van der Waals surface area contributed by atoms with Gasteiger partial charge in [-0.25, -0.2) is 4.98 Å². The van der Waals surface area contributed by atoms with Gasteiger partial charge in [-0.2, -0.15) is 0 Å². The van der Waals surface area contributed by atoms with E-state index in [-0.39, 0.29) is 5.91 Å². The Morgan fingerprint density at radius 1 is 1.13 bits per heavy atom. The van der Waals surface area contributed by atoms with Gasteiger partial charge in [-0.1, -0.05) is 26.7 Å². The summed E-state index contributed by atoms with van der Waals surface area (Å²) in [5, 5.41) is 3.82. The summed E-state index contributed by atoms with van der Waals surface area (Å²) in [6, 6.07) is 1.97. The molecule has 1 aromatic rings. The van der Waals surface area contributed by atoms with E-state index in [0.29, 0.717) is 18.9 Å². The van der Waals surface area contributed by atoms with Gasteiger partial charge in [0.05, 0.1) is 5.69 Å². The molecule has 0 radical (unpaired) electrons. The Bertz CT molecular complexity index is 681. The predicted molar refractivity (Wildman–Crippen MR) is 126 cm³/mol. The second kappa shape index (κ2) is 13.6. The van der Waals surface area contributed by atoms with Crippen molar-refractivity contribution in [1.82, 2.24) is 4.98 Å². The van der Waals surface area contributed by atoms with Gasteiger partial charge in [0.15, 0.2) is 12.4 Å². The first-order valence-electron chi connectivity index (χ1n) is 10.8. The van der Waals surface area contributed by atoms with E-state index in [0.717, 1.165) is 41.3 Å². The molecule has 2 heterocycles. The van der Waals surface area contributed by atoms with Crippen LogP contribution in [0.15, 0.2) is 16.0 Å². The maximum absolute atomic E-state index is 13.3. The van der Waals surface area contributed by atoms with Crippen molar-refractivity contribution in [2.45, 2.75) is 81.0 Å². The Kier molecular flexibility index (Phi) is 11.6. The Labute approximate surface area is 194 Å². The summed E-state index contributed by atoms with van der Waals surface area (Å²) in [6.07, 6.45) is 5.29. The molecule has 7 nitrogen and oxygen atoms in total. The number of hydrogen-bond donors (Lipinski definition) is 1. The minimum absolute atomic E-state index is 0.276. The minimum atomic E-state index is -0.834. The number of carbonyl (C=O) groups excluding carboxylic acids is 1. The van der Waals surface area contributed by atoms with E-state index in [2.05, 4.69) is 24.1 Å². The van der Waals surface area contributed by atoms with E-state index in [9.17, 15) is 4.79 Å². The Morgan fingerprint density at radius 3 is 2.32 bits per heavy atom. The number of hydrogen-bond acceptors (Lipinski definition) is 8. The zero-order valence-electron chi connectivity index (χ0n) is 19.4. The number of pyridine rings is 1. The van der Waals surface area contributed by atoms with Crippen LogP contribution in [0.25, 0.3) is 0 Å². The van der Waals surface area contributed by atoms with Crippen molar-refractivity contribution in [3.8, 4) is 0 Å². The van der Waals surface area contributed by atoms with Gasteiger partial charge in [-0.15, -0.1) is 23.5 Å². The van der Waals surface area contributed by atoms with Crippen molar-refractivity contribution < 1.29 is 23.7 Å². The lowest BCUT2D eigenvalue weighted by Gasteiger charge is -2.24. The van der Waals surface area contributed by atoms with E-state index in [1.807, 2.05) is 25.5 Å². The van der Waals surface area contributed by atoms with Crippen LogP contribution in [0.4, 0.5) is 5.69 Å². The van der Waals surface area contributed by atoms with Gasteiger partial charge in [0.1, 0.15) is 17.2 Å². The van der Waals surface area contributed by atoms with Crippen molar-refractivity contribution in [3.05, 3.63) is 11.8 Å². The summed E-state index contributed by atoms with van der Waals surface area (Å²) in [4.78, 5) is 18.9. The summed E-state index contributed by atoms with van der Waals surface area (Å²) in [6.45, 7) is 7.27. The largest absolute Gasteiger partial charge is 0.372 e. The highest BCUT2D eigenvalue weighted by atomic mass is 32.2. The SMILES string of the molecule is CCCCO[C@@H]1[C@@H](OCCCC)[C@@H](OC)O[C@@H]1C(=O)Nc1c(SC)cc(C)nc1SC. The molecule has 9 heteroatoms. The highest BCUT2D eigenvalue weighted by Crippen LogP contribution is 2.35. The van der Waals surface area contributed by atoms with E-state index in [1.54, 1.807) is 18.9 Å². The monoisotopic (exact) mass is 472 g/mol. The first-order valence-corrected chi connectivity index (χ1v) is 13.3. The summed E-state index contributed by atoms with van der Waals surface area (Å²) >= 11 is 3.07. The van der Waals surface area contributed by atoms with E-state index >= 15 is 0 Å². The van der Waals surface area contributed by atoms with Crippen LogP contribution in [0.5, 0.6) is 0 Å². The fraction of sp³-hybridized carbons (Fsp3) is 0.727. The molecule has 1 aromatic heterocycles. The number of methoxy groups -OCH3 is 1. The van der Waals surface area contributed by atoms with Crippen molar-refractivity contribution >= 4 is 35.1 Å². The molecule has 1 N–H and O–H groups in total. The van der Waals surface area contributed by atoms with Gasteiger partial charge >= 0.3 is 0 Å². The van der Waals surface area contributed by atoms with Crippen molar-refractivity contribution in [2.24, 2.45) is 0 Å². The summed E-state index contributed by atoms with van der Waals surface area (Å²) in [5.41, 5.74) is 1.62. The van der Waals surface area contributed by atoms with Crippen molar-refractivity contribution in [2.75, 3.05) is 38.2 Å². The standard InChI is InChI=1S/C22H36N2O5S2/c1-7-9-11-27-17-18(29-22(26-4)19(17)28-12-10-8-2)20(25)24-16-15(30-5)13-14(3)23-21(16)31-6/h13,17-19,22H,7-12H2,1-6H3,(H,24,25)/t17-,18-,19+,22-/m0/s1. The minimum Gasteiger partial charge on any atom is -0.372 e. The quantitative estimate of drug-likeness (QED) is 0.332. The smallest absolute Gasteiger partial charge is 0.256 e. The highest BCUT2D eigenvalue weighted by Gasteiger charge is 2.50. The number of aryl methyl sites for hydroxylation is 1. The Morgan fingerprint density at radius 2 is 1.77 bits per heavy atom. The molecule has 0 bridgehead atoms. The molecule has 1 aliphatic heterocycles. The van der Waals surface area contributed by atoms with E-state index in [1.165, 1.54) is 11.8 Å². The molecule has 0 spiro atoms. The van der Waals surface area contributed by atoms with Gasteiger partial charge in [-0.05, 0) is 38.3 Å². The van der Waals surface area contributed by atoms with E-state index < -0.39 is 24.6 Å². The topological polar surface area (TPSA) is 78.9 Å². The first-order chi connectivity index (χ1) is 15.0. The average molecular weight is 473 g/mol. The molecule has 0 aromatic carbocycles. The molecule has 1 fully saturated rings. The molecule has 31 heavy (non-hydrogen) atoms. The fourth-order valence-corrected chi connectivity index (χ4v) is 4.65. The Hall–Kier alpha value is -0.840. The number of unbranched alkanes of at least 4 members (excludes halogenated alkanes) is 2. The molecule has 0 aliphatic carbocycles. The fourth-order valence-electron chi connectivity index (χ4n) is 3.34. The van der Waals surface area contributed by atoms with Crippen LogP contribution in [0.2, 0.25) is 0 Å². The van der Waals surface area contributed by atoms with Gasteiger partial charge in [0.2, 0.25) is 0 Å². The lowest BCUT2D eigenvalue weighted by Crippen LogP contribution is -2.43. The molecule has 1 amide bonds. The molecule has 176 valence electrons. The van der Waals surface area contributed by atoms with Crippen LogP contribution >= 0.6 is 23.5 Å². The summed E-state index contributed by atoms with van der Waals surface area (Å²) < 4.78 is 23.6. The van der Waals surface area contributed by atoms with Crippen molar-refractivity contribution in [1.29, 1.82) is 0 Å². The number of nitrogens with zero attached hydrogens (tertiary/aromatic N) is 1. The van der Waals surface area contributed by atoms with Crippen LogP contribution in [0.1, 0.15) is 45.2 Å². The maximum Gasteiger partial charge on any atom is 0.256 e. The third-order valence-electron chi connectivity index (χ3n) is 5.02. The number of aromatic nitrogens is 1. The highest BCUT2D eigenvalue weighted by molar-refractivity contribution is 7.99. The number of thioether (sulfide) groups is 2. The third-order valence-corrected chi connectivity index (χ3v) is 6.46. The second-order valence-corrected chi connectivity index (χ2v) is 9.02. The van der Waals surface area contributed by atoms with Gasteiger partial charge in [0, 0.05) is 30.9 Å². The normalized spacial score (nSPS) is 23.3. The summed E-state index contributed by atoms with van der Waals surface area (Å²) in [5.74, 6) is -0.276. The lowest BCUT2D eigenvalue weighted by molar-refractivity contribution is -0.167. The number of rotatable bonds is 13. The number of carbonyl (C=O) groups is 1. The lowest BCUT2D eigenvalue weighted by atomic mass is 10.1. The third kappa shape index (κ3) is 7.07. The van der Waals surface area contributed by atoms with Gasteiger partial charge < -0.3 is 24.3 Å². The van der Waals surface area contributed by atoms with Crippen LogP contribution < -0.4 is 5.32 Å². The molecular weight excluding hydrogens is 436 g/mol. The number of amides is 1. The Balaban J connectivity index is 2.25. The molecule has 1 aliphatic rings. The summed E-state index contributed by atoms with van der Waals surface area (Å²) in [7, 11) is 1.56.